The number of rotatable bonds is 16. The zero-order valence-electron chi connectivity index (χ0n) is 19.2. The van der Waals surface area contributed by atoms with Gasteiger partial charge in [-0.25, -0.2) is 8.42 Å². The first-order valence-corrected chi connectivity index (χ1v) is 11.9. The van der Waals surface area contributed by atoms with E-state index in [1.165, 1.54) is 0 Å². The number of hydrogen-bond acceptors (Lipinski definition) is 4. The van der Waals surface area contributed by atoms with E-state index in [9.17, 15) is 23.2 Å². The molecule has 0 aliphatic rings. The van der Waals surface area contributed by atoms with Crippen molar-refractivity contribution >= 4 is 10.1 Å². The molecule has 0 aliphatic carbocycles. The average Bonchev–Trinajstić information content (AvgIpc) is 2.59. The Hall–Kier alpha value is 1.83. The van der Waals surface area contributed by atoms with E-state index >= 15 is 0 Å². The second-order valence-electron chi connectivity index (χ2n) is 7.75. The topological polar surface area (TPSA) is 100 Å². The van der Waals surface area contributed by atoms with E-state index in [0.29, 0.717) is 12.8 Å². The third-order valence-corrected chi connectivity index (χ3v) is 7.18. The van der Waals surface area contributed by atoms with Crippen molar-refractivity contribution < 1.29 is 82.3 Å². The molecule has 4 atom stereocenters. The summed E-state index contributed by atoms with van der Waals surface area (Å²) in [5.74, 6) is -0.649. The van der Waals surface area contributed by atoms with Crippen molar-refractivity contribution in [2.45, 2.75) is 103 Å². The Morgan fingerprint density at radius 1 is 0.893 bits per heavy atom. The minimum Gasteiger partial charge on any atom is -0.854 e. The summed E-state index contributed by atoms with van der Waals surface area (Å²) in [5.41, 5.74) is 0. The van der Waals surface area contributed by atoms with E-state index in [4.69, 9.17) is 0 Å². The normalized spacial score (nSPS) is 17.0. The zero-order valence-corrected chi connectivity index (χ0v) is 24.0. The number of unbranched alkanes of at least 4 members (excludes halogenated alkanes) is 2. The molecule has 0 bridgehead atoms. The van der Waals surface area contributed by atoms with Crippen LogP contribution in [0, 0.1) is 17.8 Å². The zero-order chi connectivity index (χ0) is 20.2. The van der Waals surface area contributed by atoms with Crippen LogP contribution < -0.4 is 69.3 Å². The molecule has 0 spiro atoms. The minimum atomic E-state index is -4.78. The van der Waals surface area contributed by atoms with Crippen LogP contribution in [0.3, 0.4) is 0 Å². The van der Waals surface area contributed by atoms with Crippen molar-refractivity contribution in [2.75, 3.05) is 6.61 Å². The molecule has 0 aromatic carbocycles. The summed E-state index contributed by atoms with van der Waals surface area (Å²) >= 11 is 0. The van der Waals surface area contributed by atoms with Gasteiger partial charge in [-0.15, -0.1) is 6.61 Å². The van der Waals surface area contributed by atoms with Crippen molar-refractivity contribution in [3.8, 4) is 0 Å². The van der Waals surface area contributed by atoms with Crippen LogP contribution in [0.1, 0.15) is 98.3 Å². The largest absolute Gasteiger partial charge is 1.00 e. The monoisotopic (exact) mass is 438 g/mol. The molecule has 8 heteroatoms. The fraction of sp³-hybridized carbons (Fsp3) is 1.00. The smallest absolute Gasteiger partial charge is 0.854 e. The fourth-order valence-electron chi connectivity index (χ4n) is 3.87. The summed E-state index contributed by atoms with van der Waals surface area (Å²) in [6, 6.07) is 0. The van der Waals surface area contributed by atoms with E-state index in [2.05, 4.69) is 13.8 Å². The molecule has 0 fully saturated rings. The minimum absolute atomic E-state index is 0. The van der Waals surface area contributed by atoms with E-state index in [1.807, 2.05) is 13.8 Å². The van der Waals surface area contributed by atoms with Crippen molar-refractivity contribution in [2.24, 2.45) is 17.8 Å². The van der Waals surface area contributed by atoms with E-state index < -0.39 is 27.6 Å². The third-order valence-electron chi connectivity index (χ3n) is 5.80. The Balaban J connectivity index is -0.00000312. The first-order chi connectivity index (χ1) is 12.2. The summed E-state index contributed by atoms with van der Waals surface area (Å²) in [6.07, 6.45) is 7.56. The molecule has 0 heterocycles. The summed E-state index contributed by atoms with van der Waals surface area (Å²) in [6.45, 7) is 7.64. The molecular weight excluding hydrogens is 398 g/mol. The van der Waals surface area contributed by atoms with Gasteiger partial charge in [-0.1, -0.05) is 85.5 Å². The predicted octanol–water partition coefficient (Wildman–Crippen LogP) is -2.48. The van der Waals surface area contributed by atoms with Gasteiger partial charge < -0.3 is 10.2 Å². The van der Waals surface area contributed by atoms with Crippen LogP contribution >= 0.6 is 0 Å². The van der Waals surface area contributed by atoms with Crippen molar-refractivity contribution in [1.82, 2.24) is 0 Å². The van der Waals surface area contributed by atoms with Crippen molar-refractivity contribution in [1.29, 1.82) is 0 Å². The molecule has 158 valence electrons. The second-order valence-corrected chi connectivity index (χ2v) is 9.39. The van der Waals surface area contributed by atoms with Gasteiger partial charge in [0.2, 0.25) is 0 Å². The molecule has 0 amide bonds. The molecule has 0 aromatic rings. The van der Waals surface area contributed by atoms with Crippen LogP contribution in [-0.4, -0.2) is 24.5 Å². The molecule has 4 unspecified atom stereocenters. The van der Waals surface area contributed by atoms with Gasteiger partial charge in [0, 0.05) is 4.93 Å². The summed E-state index contributed by atoms with van der Waals surface area (Å²) in [5, 5.41) is 24.8. The first-order valence-electron chi connectivity index (χ1n) is 10.4. The first kappa shape index (κ1) is 34.4. The maximum Gasteiger partial charge on any atom is 1.00 e. The van der Waals surface area contributed by atoms with Crippen LogP contribution in [-0.2, 0) is 10.1 Å². The molecule has 1 N–H and O–H groups in total. The van der Waals surface area contributed by atoms with Gasteiger partial charge in [-0.05, 0) is 30.6 Å². The predicted molar refractivity (Wildman–Crippen MR) is 103 cm³/mol. The Kier molecular flexibility index (Phi) is 22.6. The molecule has 0 rings (SSSR count). The molecule has 5 nitrogen and oxygen atoms in total. The van der Waals surface area contributed by atoms with Gasteiger partial charge in [0.15, 0.2) is 0 Å². The van der Waals surface area contributed by atoms with Crippen molar-refractivity contribution in [3.63, 3.8) is 0 Å². The Bertz CT molecular complexity index is 462. The molecule has 0 aromatic heterocycles. The summed E-state index contributed by atoms with van der Waals surface area (Å²) < 4.78 is 34.1. The molecule has 0 radical (unpaired) electrons. The summed E-state index contributed by atoms with van der Waals surface area (Å²) in [7, 11) is -4.78. The number of hydrogen-bond donors (Lipinski definition) is 1. The van der Waals surface area contributed by atoms with Gasteiger partial charge in [-0.2, -0.15) is 0 Å². The molecule has 28 heavy (non-hydrogen) atoms. The van der Waals surface area contributed by atoms with Gasteiger partial charge in [0.05, 0.1) is 0 Å². The Morgan fingerprint density at radius 3 is 1.71 bits per heavy atom. The van der Waals surface area contributed by atoms with Gasteiger partial charge in [-0.3, -0.25) is 4.55 Å². The van der Waals surface area contributed by atoms with Gasteiger partial charge in [0.25, 0.3) is 10.1 Å². The molecule has 0 aliphatic heterocycles. The SMILES string of the molecule is CCCCC(CC)CC(CC[O-])C([O-])(CC(CC)CCCC)S(=O)(=O)O.[Na+].[Na+]. The second kappa shape index (κ2) is 18.4. The van der Waals surface area contributed by atoms with Crippen LogP contribution in [0.5, 0.6) is 0 Å². The van der Waals surface area contributed by atoms with E-state index in [-0.39, 0.29) is 83.8 Å². The standard InChI is InChI=1S/C20H40O5S.2Na/c1-5-9-11-17(7-3)15-19(13-14-21)20(22,26(23,24)25)16-18(8-4)12-10-6-2;;/h17-19H,5-16H2,1-4H3,(H,23,24,25);;/q-2;2*+1. The summed E-state index contributed by atoms with van der Waals surface area (Å²) in [4.78, 5) is -2.47. The van der Waals surface area contributed by atoms with E-state index in [0.717, 1.165) is 44.9 Å². The van der Waals surface area contributed by atoms with Crippen molar-refractivity contribution in [3.05, 3.63) is 0 Å². The van der Waals surface area contributed by atoms with Crippen LogP contribution in [0.2, 0.25) is 0 Å². The van der Waals surface area contributed by atoms with Crippen LogP contribution in [0.4, 0.5) is 0 Å². The Labute approximate surface area is 218 Å². The molecule has 0 saturated heterocycles. The Morgan fingerprint density at radius 2 is 1.36 bits per heavy atom. The molecule has 0 saturated carbocycles. The maximum atomic E-state index is 13.5. The van der Waals surface area contributed by atoms with Crippen LogP contribution in [0.15, 0.2) is 0 Å². The molecular formula is C20H40Na2O5S. The van der Waals surface area contributed by atoms with Gasteiger partial charge in [0.1, 0.15) is 0 Å². The van der Waals surface area contributed by atoms with Gasteiger partial charge >= 0.3 is 59.1 Å². The maximum absolute atomic E-state index is 13.5. The fourth-order valence-corrected chi connectivity index (χ4v) is 4.95. The average molecular weight is 439 g/mol. The van der Waals surface area contributed by atoms with Crippen LogP contribution in [0.25, 0.3) is 0 Å². The quantitative estimate of drug-likeness (QED) is 0.212. The third kappa shape index (κ3) is 12.0. The van der Waals surface area contributed by atoms with E-state index in [1.54, 1.807) is 0 Å².